The zero-order valence-corrected chi connectivity index (χ0v) is 12.5. The number of carbonyl (C=O) groups is 1. The molecule has 1 aliphatic heterocycles. The van der Waals surface area contributed by atoms with E-state index in [9.17, 15) is 10.1 Å². The van der Waals surface area contributed by atoms with Crippen molar-refractivity contribution in [2.45, 2.75) is 25.4 Å². The molecule has 0 bridgehead atoms. The summed E-state index contributed by atoms with van der Waals surface area (Å²) in [7, 11) is 0. The molecule has 0 radical (unpaired) electrons. The van der Waals surface area contributed by atoms with E-state index < -0.39 is 5.54 Å². The van der Waals surface area contributed by atoms with Gasteiger partial charge in [0, 0.05) is 17.9 Å². The summed E-state index contributed by atoms with van der Waals surface area (Å²) in [5, 5.41) is 20.3. The number of rotatable bonds is 3. The molecule has 2 heterocycles. The number of aryl methyl sites for hydroxylation is 1. The van der Waals surface area contributed by atoms with E-state index in [2.05, 4.69) is 21.7 Å². The van der Waals surface area contributed by atoms with Gasteiger partial charge in [-0.25, -0.2) is 4.68 Å². The molecular formula is C14H15N5OS. The molecule has 3 rings (SSSR count). The number of aromatic nitrogens is 3. The first-order valence-electron chi connectivity index (χ1n) is 6.82. The lowest BCUT2D eigenvalue weighted by molar-refractivity contribution is 0.0926. The Kier molecular flexibility index (Phi) is 3.55. The Morgan fingerprint density at radius 1 is 1.62 bits per heavy atom. The highest BCUT2D eigenvalue weighted by atomic mass is 32.2. The van der Waals surface area contributed by atoms with Crippen molar-refractivity contribution >= 4 is 28.7 Å². The number of nitrogens with one attached hydrogen (secondary N) is 1. The minimum absolute atomic E-state index is 0.230. The van der Waals surface area contributed by atoms with Crippen molar-refractivity contribution in [1.82, 2.24) is 20.3 Å². The highest BCUT2D eigenvalue weighted by Gasteiger charge is 2.36. The Bertz CT molecular complexity index is 727. The van der Waals surface area contributed by atoms with Crippen LogP contribution in [0.15, 0.2) is 18.2 Å². The SMILES string of the molecule is CCn1nnc2cc(C(=O)NC3(C#N)CCSC3)ccc21. The Morgan fingerprint density at radius 3 is 3.14 bits per heavy atom. The minimum Gasteiger partial charge on any atom is -0.333 e. The molecule has 0 spiro atoms. The Hall–Kier alpha value is -2.07. The maximum atomic E-state index is 12.4. The van der Waals surface area contributed by atoms with Crippen LogP contribution in [0.25, 0.3) is 11.0 Å². The van der Waals surface area contributed by atoms with Crippen molar-refractivity contribution in [3.05, 3.63) is 23.8 Å². The fraction of sp³-hybridized carbons (Fsp3) is 0.429. The van der Waals surface area contributed by atoms with Gasteiger partial charge in [-0.05, 0) is 37.3 Å². The van der Waals surface area contributed by atoms with Gasteiger partial charge >= 0.3 is 0 Å². The van der Waals surface area contributed by atoms with E-state index >= 15 is 0 Å². The van der Waals surface area contributed by atoms with Gasteiger partial charge < -0.3 is 5.32 Å². The number of nitriles is 1. The first-order valence-corrected chi connectivity index (χ1v) is 7.98. The predicted molar refractivity (Wildman–Crippen MR) is 81.0 cm³/mol. The van der Waals surface area contributed by atoms with Gasteiger partial charge in [0.1, 0.15) is 11.1 Å². The third kappa shape index (κ3) is 2.47. The number of carbonyl (C=O) groups excluding carboxylic acids is 1. The van der Waals surface area contributed by atoms with Crippen molar-refractivity contribution in [3.63, 3.8) is 0 Å². The summed E-state index contributed by atoms with van der Waals surface area (Å²) in [6, 6.07) is 7.56. The van der Waals surface area contributed by atoms with Crippen LogP contribution in [-0.2, 0) is 6.54 Å². The molecule has 21 heavy (non-hydrogen) atoms. The van der Waals surface area contributed by atoms with E-state index in [0.717, 1.165) is 17.8 Å². The summed E-state index contributed by atoms with van der Waals surface area (Å²) >= 11 is 1.69. The second-order valence-electron chi connectivity index (χ2n) is 5.06. The van der Waals surface area contributed by atoms with Crippen LogP contribution in [0.2, 0.25) is 0 Å². The maximum absolute atomic E-state index is 12.4. The van der Waals surface area contributed by atoms with Gasteiger partial charge in [-0.1, -0.05) is 5.21 Å². The molecule has 108 valence electrons. The molecule has 0 saturated carbocycles. The largest absolute Gasteiger partial charge is 0.333 e. The molecular weight excluding hydrogens is 286 g/mol. The molecule has 1 unspecified atom stereocenters. The Labute approximate surface area is 126 Å². The lowest BCUT2D eigenvalue weighted by atomic mass is 10.0. The lowest BCUT2D eigenvalue weighted by Crippen LogP contribution is -2.47. The minimum atomic E-state index is -0.738. The fourth-order valence-corrected chi connectivity index (χ4v) is 3.68. The third-order valence-electron chi connectivity index (χ3n) is 3.66. The summed E-state index contributed by atoms with van der Waals surface area (Å²) in [6.45, 7) is 2.72. The number of amides is 1. The van der Waals surface area contributed by atoms with Crippen LogP contribution < -0.4 is 5.32 Å². The van der Waals surface area contributed by atoms with Crippen LogP contribution in [0.3, 0.4) is 0 Å². The molecule has 2 aromatic rings. The van der Waals surface area contributed by atoms with Crippen molar-refractivity contribution in [1.29, 1.82) is 5.26 Å². The summed E-state index contributed by atoms with van der Waals surface area (Å²) in [6.07, 6.45) is 0.689. The average molecular weight is 301 g/mol. The van der Waals surface area contributed by atoms with E-state index in [0.29, 0.717) is 23.3 Å². The van der Waals surface area contributed by atoms with E-state index in [-0.39, 0.29) is 5.91 Å². The topological polar surface area (TPSA) is 83.6 Å². The maximum Gasteiger partial charge on any atom is 0.252 e. The predicted octanol–water partition coefficient (Wildman–Crippen LogP) is 1.58. The summed E-state index contributed by atoms with van der Waals surface area (Å²) in [5.74, 6) is 1.31. The van der Waals surface area contributed by atoms with E-state index in [1.807, 2.05) is 13.0 Å². The molecule has 0 aliphatic carbocycles. The van der Waals surface area contributed by atoms with Gasteiger partial charge in [0.2, 0.25) is 0 Å². The second kappa shape index (κ2) is 5.37. The molecule has 1 fully saturated rings. The lowest BCUT2D eigenvalue weighted by Gasteiger charge is -2.21. The molecule has 1 saturated heterocycles. The van der Waals surface area contributed by atoms with E-state index in [1.54, 1.807) is 28.6 Å². The smallest absolute Gasteiger partial charge is 0.252 e. The molecule has 6 nitrogen and oxygen atoms in total. The molecule has 1 amide bonds. The normalized spacial score (nSPS) is 21.3. The van der Waals surface area contributed by atoms with Crippen molar-refractivity contribution < 1.29 is 4.79 Å². The molecule has 1 aliphatic rings. The quantitative estimate of drug-likeness (QED) is 0.930. The molecule has 7 heteroatoms. The number of fused-ring (bicyclic) bond motifs is 1. The molecule has 1 N–H and O–H groups in total. The van der Waals surface area contributed by atoms with Crippen molar-refractivity contribution in [2.24, 2.45) is 0 Å². The van der Waals surface area contributed by atoms with Crippen LogP contribution in [0.5, 0.6) is 0 Å². The molecule has 1 aromatic carbocycles. The van der Waals surface area contributed by atoms with Gasteiger partial charge in [-0.2, -0.15) is 17.0 Å². The van der Waals surface area contributed by atoms with Crippen LogP contribution in [0, 0.1) is 11.3 Å². The third-order valence-corrected chi connectivity index (χ3v) is 4.85. The highest BCUT2D eigenvalue weighted by Crippen LogP contribution is 2.27. The zero-order chi connectivity index (χ0) is 14.9. The monoisotopic (exact) mass is 301 g/mol. The van der Waals surface area contributed by atoms with Crippen LogP contribution in [0.1, 0.15) is 23.7 Å². The fourth-order valence-electron chi connectivity index (χ4n) is 2.42. The Balaban J connectivity index is 1.86. The van der Waals surface area contributed by atoms with E-state index in [4.69, 9.17) is 0 Å². The van der Waals surface area contributed by atoms with Crippen LogP contribution in [-0.4, -0.2) is 37.9 Å². The van der Waals surface area contributed by atoms with Gasteiger partial charge in [-0.15, -0.1) is 5.10 Å². The first-order chi connectivity index (χ1) is 10.2. The standard InChI is InChI=1S/C14H15N5OS/c1-2-19-12-4-3-10(7-11(12)17-18-19)13(20)16-14(8-15)5-6-21-9-14/h3-4,7H,2,5-6,9H2,1H3,(H,16,20). The number of nitrogens with zero attached hydrogens (tertiary/aromatic N) is 4. The molecule has 1 atom stereocenters. The first kappa shape index (κ1) is 13.9. The summed E-state index contributed by atoms with van der Waals surface area (Å²) < 4.78 is 1.78. The number of hydrogen-bond donors (Lipinski definition) is 1. The number of hydrogen-bond acceptors (Lipinski definition) is 5. The zero-order valence-electron chi connectivity index (χ0n) is 11.7. The summed E-state index contributed by atoms with van der Waals surface area (Å²) in [4.78, 5) is 12.4. The van der Waals surface area contributed by atoms with Crippen LogP contribution >= 0.6 is 11.8 Å². The highest BCUT2D eigenvalue weighted by molar-refractivity contribution is 7.99. The van der Waals surface area contributed by atoms with Gasteiger partial charge in [-0.3, -0.25) is 4.79 Å². The van der Waals surface area contributed by atoms with Crippen molar-refractivity contribution in [2.75, 3.05) is 11.5 Å². The van der Waals surface area contributed by atoms with Crippen molar-refractivity contribution in [3.8, 4) is 6.07 Å². The number of thioether (sulfide) groups is 1. The molecule has 1 aromatic heterocycles. The number of benzene rings is 1. The van der Waals surface area contributed by atoms with Gasteiger partial charge in [0.05, 0.1) is 11.6 Å². The summed E-state index contributed by atoms with van der Waals surface area (Å²) in [5.41, 5.74) is 1.37. The van der Waals surface area contributed by atoms with E-state index in [1.165, 1.54) is 0 Å². The van der Waals surface area contributed by atoms with Gasteiger partial charge in [0.15, 0.2) is 0 Å². The second-order valence-corrected chi connectivity index (χ2v) is 6.16. The van der Waals surface area contributed by atoms with Crippen LogP contribution in [0.4, 0.5) is 0 Å². The average Bonchev–Trinajstić information content (AvgIpc) is 3.13. The van der Waals surface area contributed by atoms with Gasteiger partial charge in [0.25, 0.3) is 5.91 Å². The Morgan fingerprint density at radius 2 is 2.48 bits per heavy atom.